The highest BCUT2D eigenvalue weighted by Gasteiger charge is 2.20. The van der Waals surface area contributed by atoms with Gasteiger partial charge in [0.1, 0.15) is 10.7 Å². The van der Waals surface area contributed by atoms with Gasteiger partial charge in [0.25, 0.3) is 0 Å². The van der Waals surface area contributed by atoms with E-state index in [1.54, 1.807) is 6.20 Å². The molecule has 0 aliphatic rings. The van der Waals surface area contributed by atoms with Crippen molar-refractivity contribution in [3.05, 3.63) is 47.9 Å². The van der Waals surface area contributed by atoms with Crippen LogP contribution in [0.15, 0.2) is 36.7 Å². The van der Waals surface area contributed by atoms with Crippen LogP contribution in [0.25, 0.3) is 0 Å². The van der Waals surface area contributed by atoms with Crippen LogP contribution in [0.2, 0.25) is 0 Å². The monoisotopic (exact) mass is 287 g/mol. The molecule has 2 rings (SSSR count). The summed E-state index contributed by atoms with van der Waals surface area (Å²) in [7, 11) is 0. The predicted octanol–water partition coefficient (Wildman–Crippen LogP) is 3.20. The number of nitrogens with zero attached hydrogens (tertiary/aromatic N) is 2. The number of rotatable bonds is 3. The van der Waals surface area contributed by atoms with Crippen LogP contribution in [0.1, 0.15) is 32.0 Å². The first-order valence-electron chi connectivity index (χ1n) is 6.28. The molecule has 0 bridgehead atoms. The SMILES string of the molecule is CC(C)(C)c1ccccc1Oc1nccnc1C(N)=S. The van der Waals surface area contributed by atoms with Crippen molar-refractivity contribution in [2.75, 3.05) is 0 Å². The standard InChI is InChI=1S/C15H17N3OS/c1-15(2,3)10-6-4-5-7-11(10)19-14-12(13(16)20)17-8-9-18-14/h4-9H,1-3H3,(H2,16,20). The first-order chi connectivity index (χ1) is 9.39. The van der Waals surface area contributed by atoms with Crippen molar-refractivity contribution in [1.29, 1.82) is 0 Å². The van der Waals surface area contributed by atoms with Crippen LogP contribution < -0.4 is 10.5 Å². The molecule has 0 spiro atoms. The van der Waals surface area contributed by atoms with Crippen molar-refractivity contribution in [2.45, 2.75) is 26.2 Å². The van der Waals surface area contributed by atoms with Crippen LogP contribution in [-0.2, 0) is 5.41 Å². The predicted molar refractivity (Wildman–Crippen MR) is 83.1 cm³/mol. The third kappa shape index (κ3) is 3.11. The van der Waals surface area contributed by atoms with E-state index in [0.717, 1.165) is 11.3 Å². The van der Waals surface area contributed by atoms with Crippen molar-refractivity contribution in [3.8, 4) is 11.6 Å². The van der Waals surface area contributed by atoms with Gasteiger partial charge in [-0.2, -0.15) is 0 Å². The van der Waals surface area contributed by atoms with Crippen molar-refractivity contribution in [3.63, 3.8) is 0 Å². The molecule has 5 heteroatoms. The summed E-state index contributed by atoms with van der Waals surface area (Å²) in [4.78, 5) is 8.45. The minimum Gasteiger partial charge on any atom is -0.437 e. The third-order valence-electron chi connectivity index (χ3n) is 2.80. The Labute approximate surface area is 124 Å². The fourth-order valence-electron chi connectivity index (χ4n) is 1.85. The van der Waals surface area contributed by atoms with E-state index < -0.39 is 0 Å². The van der Waals surface area contributed by atoms with Crippen LogP contribution in [0.3, 0.4) is 0 Å². The molecule has 1 aromatic carbocycles. The number of hydrogen-bond donors (Lipinski definition) is 1. The molecule has 2 N–H and O–H groups in total. The van der Waals surface area contributed by atoms with Crippen LogP contribution >= 0.6 is 12.2 Å². The number of para-hydroxylation sites is 1. The number of benzene rings is 1. The maximum absolute atomic E-state index is 5.89. The van der Waals surface area contributed by atoms with E-state index in [4.69, 9.17) is 22.7 Å². The zero-order valence-electron chi connectivity index (χ0n) is 11.8. The molecule has 0 aliphatic heterocycles. The van der Waals surface area contributed by atoms with E-state index in [2.05, 4.69) is 30.7 Å². The van der Waals surface area contributed by atoms with Gasteiger partial charge in [-0.1, -0.05) is 51.2 Å². The maximum Gasteiger partial charge on any atom is 0.248 e. The molecule has 0 atom stereocenters. The van der Waals surface area contributed by atoms with Crippen LogP contribution in [0.5, 0.6) is 11.6 Å². The largest absolute Gasteiger partial charge is 0.437 e. The summed E-state index contributed by atoms with van der Waals surface area (Å²) in [6.07, 6.45) is 3.09. The van der Waals surface area contributed by atoms with Crippen LogP contribution in [-0.4, -0.2) is 15.0 Å². The Morgan fingerprint density at radius 3 is 2.45 bits per heavy atom. The second-order valence-electron chi connectivity index (χ2n) is 5.42. The topological polar surface area (TPSA) is 61.0 Å². The van der Waals surface area contributed by atoms with Crippen LogP contribution in [0, 0.1) is 0 Å². The van der Waals surface area contributed by atoms with Gasteiger partial charge >= 0.3 is 0 Å². The molecular formula is C15H17N3OS. The van der Waals surface area contributed by atoms with Gasteiger partial charge < -0.3 is 10.5 Å². The highest BCUT2D eigenvalue weighted by atomic mass is 32.1. The molecule has 1 aromatic heterocycles. The Balaban J connectivity index is 2.44. The average molecular weight is 287 g/mol. The third-order valence-corrected chi connectivity index (χ3v) is 2.99. The maximum atomic E-state index is 5.89. The van der Waals surface area contributed by atoms with Crippen molar-refractivity contribution < 1.29 is 4.74 Å². The molecule has 20 heavy (non-hydrogen) atoms. The Bertz CT molecular complexity index is 635. The van der Waals surface area contributed by atoms with E-state index in [9.17, 15) is 0 Å². The summed E-state index contributed by atoms with van der Waals surface area (Å²) >= 11 is 4.97. The first-order valence-corrected chi connectivity index (χ1v) is 6.68. The fraction of sp³-hybridized carbons (Fsp3) is 0.267. The molecule has 0 fully saturated rings. The molecule has 0 saturated carbocycles. The highest BCUT2D eigenvalue weighted by molar-refractivity contribution is 7.80. The van der Waals surface area contributed by atoms with E-state index in [1.807, 2.05) is 24.3 Å². The minimum absolute atomic E-state index is 0.0395. The van der Waals surface area contributed by atoms with Gasteiger partial charge in [0, 0.05) is 18.0 Å². The Hall–Kier alpha value is -2.01. The second-order valence-corrected chi connectivity index (χ2v) is 5.86. The molecule has 0 radical (unpaired) electrons. The zero-order valence-corrected chi connectivity index (χ0v) is 12.6. The van der Waals surface area contributed by atoms with Gasteiger partial charge in [-0.05, 0) is 11.5 Å². The number of ether oxygens (including phenoxy) is 1. The van der Waals surface area contributed by atoms with Gasteiger partial charge in [0.2, 0.25) is 5.88 Å². The quantitative estimate of drug-likeness (QED) is 0.878. The van der Waals surface area contributed by atoms with Gasteiger partial charge in [-0.15, -0.1) is 0 Å². The summed E-state index contributed by atoms with van der Waals surface area (Å²) in [6, 6.07) is 7.84. The lowest BCUT2D eigenvalue weighted by Gasteiger charge is -2.22. The van der Waals surface area contributed by atoms with Crippen molar-refractivity contribution >= 4 is 17.2 Å². The first kappa shape index (κ1) is 14.4. The van der Waals surface area contributed by atoms with Gasteiger partial charge in [-0.3, -0.25) is 0 Å². The lowest BCUT2D eigenvalue weighted by Crippen LogP contribution is -2.15. The summed E-state index contributed by atoms with van der Waals surface area (Å²) < 4.78 is 5.89. The van der Waals surface area contributed by atoms with E-state index in [1.165, 1.54) is 6.20 Å². The number of nitrogens with two attached hydrogens (primary N) is 1. The molecule has 104 valence electrons. The second kappa shape index (κ2) is 5.54. The average Bonchev–Trinajstić information content (AvgIpc) is 2.38. The Kier molecular flexibility index (Phi) is 3.99. The summed E-state index contributed by atoms with van der Waals surface area (Å²) in [5, 5.41) is 0. The number of thiocarbonyl (C=S) groups is 1. The van der Waals surface area contributed by atoms with E-state index >= 15 is 0 Å². The zero-order chi connectivity index (χ0) is 14.8. The highest BCUT2D eigenvalue weighted by Crippen LogP contribution is 2.33. The smallest absolute Gasteiger partial charge is 0.248 e. The van der Waals surface area contributed by atoms with Gasteiger partial charge in [0.15, 0.2) is 5.69 Å². The minimum atomic E-state index is -0.0395. The molecule has 4 nitrogen and oxygen atoms in total. The molecule has 0 amide bonds. The lowest BCUT2D eigenvalue weighted by atomic mass is 9.86. The van der Waals surface area contributed by atoms with Crippen molar-refractivity contribution in [2.24, 2.45) is 5.73 Å². The molecular weight excluding hydrogens is 270 g/mol. The van der Waals surface area contributed by atoms with Gasteiger partial charge in [-0.25, -0.2) is 9.97 Å². The summed E-state index contributed by atoms with van der Waals surface area (Å²) in [6.45, 7) is 6.38. The molecule has 1 heterocycles. The Morgan fingerprint density at radius 2 is 1.80 bits per heavy atom. The number of hydrogen-bond acceptors (Lipinski definition) is 4. The number of aromatic nitrogens is 2. The molecule has 0 saturated heterocycles. The van der Waals surface area contributed by atoms with Crippen molar-refractivity contribution in [1.82, 2.24) is 9.97 Å². The Morgan fingerprint density at radius 1 is 1.15 bits per heavy atom. The lowest BCUT2D eigenvalue weighted by molar-refractivity contribution is 0.436. The summed E-state index contributed by atoms with van der Waals surface area (Å²) in [5.74, 6) is 1.06. The van der Waals surface area contributed by atoms with E-state index in [0.29, 0.717) is 11.6 Å². The molecule has 2 aromatic rings. The van der Waals surface area contributed by atoms with Crippen LogP contribution in [0.4, 0.5) is 0 Å². The fourth-order valence-corrected chi connectivity index (χ4v) is 1.99. The molecule has 0 unspecified atom stereocenters. The summed E-state index contributed by atoms with van der Waals surface area (Å²) in [5.41, 5.74) is 7.08. The molecule has 0 aliphatic carbocycles. The normalized spacial score (nSPS) is 11.2. The van der Waals surface area contributed by atoms with Gasteiger partial charge in [0.05, 0.1) is 0 Å². The van der Waals surface area contributed by atoms with E-state index in [-0.39, 0.29) is 10.4 Å².